The minimum atomic E-state index is -4.49. The van der Waals surface area contributed by atoms with Crippen LogP contribution in [0.3, 0.4) is 0 Å². The topological polar surface area (TPSA) is 77.5 Å². The maximum absolute atomic E-state index is 12.7. The Kier molecular flexibility index (Phi) is 6.96. The first-order chi connectivity index (χ1) is 14.3. The van der Waals surface area contributed by atoms with Crippen molar-refractivity contribution in [2.45, 2.75) is 25.6 Å². The van der Waals surface area contributed by atoms with Crippen molar-refractivity contribution in [3.63, 3.8) is 0 Å². The summed E-state index contributed by atoms with van der Waals surface area (Å²) in [6.45, 7) is 4.71. The van der Waals surface area contributed by atoms with Gasteiger partial charge in [-0.25, -0.2) is 9.97 Å². The third kappa shape index (κ3) is 5.98. The van der Waals surface area contributed by atoms with Gasteiger partial charge < -0.3 is 20.9 Å². The molecule has 0 aliphatic carbocycles. The van der Waals surface area contributed by atoms with Gasteiger partial charge in [0.05, 0.1) is 0 Å². The maximum Gasteiger partial charge on any atom is 0.433 e. The van der Waals surface area contributed by atoms with Crippen LogP contribution in [0, 0.1) is 6.92 Å². The lowest BCUT2D eigenvalue weighted by molar-refractivity contribution is -0.141. The predicted octanol–water partition coefficient (Wildman–Crippen LogP) is 2.66. The van der Waals surface area contributed by atoms with E-state index in [0.717, 1.165) is 31.8 Å². The lowest BCUT2D eigenvalue weighted by atomic mass is 10.2. The smallest absolute Gasteiger partial charge is 0.369 e. The molecule has 0 radical (unpaired) electrons. The predicted molar refractivity (Wildman–Crippen MR) is 112 cm³/mol. The van der Waals surface area contributed by atoms with Gasteiger partial charge >= 0.3 is 6.18 Å². The van der Waals surface area contributed by atoms with E-state index in [0.29, 0.717) is 19.0 Å². The molecule has 1 aliphatic rings. The molecule has 0 saturated carbocycles. The van der Waals surface area contributed by atoms with Gasteiger partial charge in [-0.05, 0) is 31.5 Å². The number of halogens is 3. The van der Waals surface area contributed by atoms with Crippen LogP contribution >= 0.6 is 0 Å². The first-order valence-corrected chi connectivity index (χ1v) is 9.78. The van der Waals surface area contributed by atoms with Crippen molar-refractivity contribution in [2.24, 2.45) is 4.99 Å². The highest BCUT2D eigenvalue weighted by molar-refractivity contribution is 5.80. The van der Waals surface area contributed by atoms with Gasteiger partial charge in [0.2, 0.25) is 5.95 Å². The van der Waals surface area contributed by atoms with Gasteiger partial charge in [0.15, 0.2) is 5.96 Å². The lowest BCUT2D eigenvalue weighted by Gasteiger charge is -2.20. The molecule has 0 bridgehead atoms. The third-order valence-corrected chi connectivity index (χ3v) is 4.80. The van der Waals surface area contributed by atoms with Gasteiger partial charge in [-0.2, -0.15) is 13.2 Å². The molecule has 1 aromatic carbocycles. The van der Waals surface area contributed by atoms with Crippen LogP contribution < -0.4 is 20.9 Å². The molecule has 10 heteroatoms. The van der Waals surface area contributed by atoms with E-state index >= 15 is 0 Å². The number of aliphatic imine (C=N–C) groups is 1. The largest absolute Gasteiger partial charge is 0.433 e. The second-order valence-electron chi connectivity index (χ2n) is 7.10. The van der Waals surface area contributed by atoms with E-state index in [9.17, 15) is 13.2 Å². The Morgan fingerprint density at radius 2 is 1.97 bits per heavy atom. The van der Waals surface area contributed by atoms with Crippen LogP contribution in [0.2, 0.25) is 0 Å². The van der Waals surface area contributed by atoms with Crippen molar-refractivity contribution in [2.75, 3.05) is 43.4 Å². The zero-order chi connectivity index (χ0) is 21.6. The van der Waals surface area contributed by atoms with Gasteiger partial charge in [0, 0.05) is 51.2 Å². The highest BCUT2D eigenvalue weighted by atomic mass is 19.4. The summed E-state index contributed by atoms with van der Waals surface area (Å²) in [6.07, 6.45) is -2.41. The second-order valence-corrected chi connectivity index (χ2v) is 7.10. The van der Waals surface area contributed by atoms with Crippen LogP contribution in [-0.4, -0.2) is 55.2 Å². The minimum absolute atomic E-state index is 0.0564. The number of aryl methyl sites for hydroxylation is 1. The molecule has 1 aliphatic heterocycles. The van der Waals surface area contributed by atoms with Gasteiger partial charge in [0.25, 0.3) is 0 Å². The standard InChI is InChI=1S/C20H26F3N7/c1-14-3-5-16(6-4-14)30-12-8-15(13-30)28-18(24-2)26-10-11-27-19-25-9-7-17(29-19)20(21,22)23/h3-7,9,15H,8,10-13H2,1-2H3,(H2,24,26,28)(H,25,27,29). The number of alkyl halides is 3. The maximum atomic E-state index is 12.7. The number of guanidine groups is 1. The van der Waals surface area contributed by atoms with E-state index in [1.807, 2.05) is 0 Å². The van der Waals surface area contributed by atoms with Crippen molar-refractivity contribution < 1.29 is 13.2 Å². The molecule has 1 aromatic heterocycles. The molecule has 0 amide bonds. The average molecular weight is 421 g/mol. The van der Waals surface area contributed by atoms with E-state index in [2.05, 4.69) is 67.0 Å². The van der Waals surface area contributed by atoms with Crippen LogP contribution in [-0.2, 0) is 6.18 Å². The molecular weight excluding hydrogens is 395 g/mol. The summed E-state index contributed by atoms with van der Waals surface area (Å²) >= 11 is 0. The van der Waals surface area contributed by atoms with Crippen LogP contribution in [0.5, 0.6) is 0 Å². The summed E-state index contributed by atoms with van der Waals surface area (Å²) in [5, 5.41) is 9.34. The number of anilines is 2. The van der Waals surface area contributed by atoms with Crippen LogP contribution in [0.4, 0.5) is 24.8 Å². The Balaban J connectivity index is 1.42. The molecule has 162 valence electrons. The summed E-state index contributed by atoms with van der Waals surface area (Å²) in [5.74, 6) is 0.594. The molecule has 0 spiro atoms. The number of hydrogen-bond donors (Lipinski definition) is 3. The molecule has 1 unspecified atom stereocenters. The van der Waals surface area contributed by atoms with E-state index in [-0.39, 0.29) is 12.0 Å². The molecule has 3 N–H and O–H groups in total. The molecule has 2 aromatic rings. The zero-order valence-electron chi connectivity index (χ0n) is 17.0. The van der Waals surface area contributed by atoms with Crippen molar-refractivity contribution >= 4 is 17.6 Å². The first kappa shape index (κ1) is 21.7. The number of aromatic nitrogens is 2. The van der Waals surface area contributed by atoms with Crippen molar-refractivity contribution in [3.8, 4) is 0 Å². The zero-order valence-corrected chi connectivity index (χ0v) is 17.0. The summed E-state index contributed by atoms with van der Waals surface area (Å²) in [4.78, 5) is 13.8. The van der Waals surface area contributed by atoms with Crippen molar-refractivity contribution in [3.05, 3.63) is 47.8 Å². The molecule has 30 heavy (non-hydrogen) atoms. The summed E-state index contributed by atoms with van der Waals surface area (Å²) < 4.78 is 38.1. The van der Waals surface area contributed by atoms with Gasteiger partial charge in [-0.3, -0.25) is 4.99 Å². The fourth-order valence-corrected chi connectivity index (χ4v) is 3.21. The quantitative estimate of drug-likeness (QED) is 0.378. The summed E-state index contributed by atoms with van der Waals surface area (Å²) in [6, 6.07) is 9.59. The number of hydrogen-bond acceptors (Lipinski definition) is 5. The van der Waals surface area contributed by atoms with Gasteiger partial charge in [0.1, 0.15) is 5.69 Å². The van der Waals surface area contributed by atoms with E-state index in [1.165, 1.54) is 11.3 Å². The average Bonchev–Trinajstić information content (AvgIpc) is 3.19. The molecule has 3 rings (SSSR count). The molecule has 2 heterocycles. The number of benzene rings is 1. The van der Waals surface area contributed by atoms with Crippen LogP contribution in [0.15, 0.2) is 41.5 Å². The van der Waals surface area contributed by atoms with Crippen molar-refractivity contribution in [1.29, 1.82) is 0 Å². The van der Waals surface area contributed by atoms with Crippen LogP contribution in [0.1, 0.15) is 17.7 Å². The highest BCUT2D eigenvalue weighted by Gasteiger charge is 2.32. The molecular formula is C20H26F3N7. The number of nitrogens with one attached hydrogen (secondary N) is 3. The fraction of sp³-hybridized carbons (Fsp3) is 0.450. The monoisotopic (exact) mass is 421 g/mol. The van der Waals surface area contributed by atoms with Crippen molar-refractivity contribution in [1.82, 2.24) is 20.6 Å². The van der Waals surface area contributed by atoms with Crippen LogP contribution in [0.25, 0.3) is 0 Å². The highest BCUT2D eigenvalue weighted by Crippen LogP contribution is 2.27. The van der Waals surface area contributed by atoms with E-state index in [4.69, 9.17) is 0 Å². The second kappa shape index (κ2) is 9.64. The Bertz CT molecular complexity index is 852. The molecule has 1 saturated heterocycles. The number of nitrogens with zero attached hydrogens (tertiary/aromatic N) is 4. The lowest BCUT2D eigenvalue weighted by Crippen LogP contribution is -2.45. The van der Waals surface area contributed by atoms with Gasteiger partial charge in [-0.1, -0.05) is 17.7 Å². The Morgan fingerprint density at radius 1 is 1.20 bits per heavy atom. The Hall–Kier alpha value is -3.04. The van der Waals surface area contributed by atoms with Gasteiger partial charge in [-0.15, -0.1) is 0 Å². The Labute approximate surface area is 173 Å². The third-order valence-electron chi connectivity index (χ3n) is 4.80. The van der Waals surface area contributed by atoms with E-state index in [1.54, 1.807) is 7.05 Å². The fourth-order valence-electron chi connectivity index (χ4n) is 3.21. The SMILES string of the molecule is CN=C(NCCNc1nccc(C(F)(F)F)n1)NC1CCN(c2ccc(C)cc2)C1. The molecule has 1 fully saturated rings. The Morgan fingerprint density at radius 3 is 2.67 bits per heavy atom. The molecule has 1 atom stereocenters. The minimum Gasteiger partial charge on any atom is -0.369 e. The summed E-state index contributed by atoms with van der Waals surface area (Å²) in [5.41, 5.74) is 1.48. The van der Waals surface area contributed by atoms with E-state index < -0.39 is 11.9 Å². The normalized spacial score (nSPS) is 17.2. The number of rotatable bonds is 6. The molecule has 7 nitrogen and oxygen atoms in total. The first-order valence-electron chi connectivity index (χ1n) is 9.78. The summed E-state index contributed by atoms with van der Waals surface area (Å²) in [7, 11) is 1.69.